The first kappa shape index (κ1) is 60.6. The predicted molar refractivity (Wildman–Crippen MR) is 328 cm³/mol. The lowest BCUT2D eigenvalue weighted by atomic mass is 9.70. The van der Waals surface area contributed by atoms with Gasteiger partial charge < -0.3 is 38.5 Å². The number of benzene rings is 4. The van der Waals surface area contributed by atoms with Gasteiger partial charge in [-0.15, -0.1) is 0 Å². The molecule has 4 heterocycles. The minimum Gasteiger partial charge on any atom is -0.490 e. The molecule has 440 valence electrons. The van der Waals surface area contributed by atoms with Crippen LogP contribution in [0, 0.1) is 0 Å². The van der Waals surface area contributed by atoms with E-state index >= 15 is 0 Å². The van der Waals surface area contributed by atoms with Crippen LogP contribution in [0.25, 0.3) is 0 Å². The van der Waals surface area contributed by atoms with Gasteiger partial charge in [0.2, 0.25) is 11.8 Å². The Morgan fingerprint density at radius 1 is 0.549 bits per heavy atom. The number of anilines is 2. The van der Waals surface area contributed by atoms with Crippen molar-refractivity contribution < 1.29 is 38.1 Å². The minimum absolute atomic E-state index is 0.0525. The molecule has 2 aliphatic carbocycles. The lowest BCUT2D eigenvalue weighted by Gasteiger charge is -2.41. The molecule has 4 bridgehead atoms. The second kappa shape index (κ2) is 25.9. The van der Waals surface area contributed by atoms with Crippen LogP contribution >= 0.6 is 23.2 Å². The van der Waals surface area contributed by atoms with Crippen LogP contribution < -0.4 is 19.3 Å². The molecule has 2 amide bonds. The van der Waals surface area contributed by atoms with Crippen LogP contribution in [0.15, 0.2) is 97.1 Å². The third-order valence-electron chi connectivity index (χ3n) is 17.1. The number of aryl methyl sites for hydroxylation is 2. The monoisotopic (exact) mass is 1160 g/mol. The fourth-order valence-electron chi connectivity index (χ4n) is 12.9. The largest absolute Gasteiger partial charge is 0.490 e. The number of hydrogen-bond donors (Lipinski definition) is 0. The molecular formula is C68H86Cl2N4O8. The summed E-state index contributed by atoms with van der Waals surface area (Å²) in [6, 6.07) is 24.6. The van der Waals surface area contributed by atoms with E-state index in [0.29, 0.717) is 26.3 Å². The van der Waals surface area contributed by atoms with Crippen LogP contribution in [-0.2, 0) is 52.3 Å². The molecule has 0 fully saturated rings. The van der Waals surface area contributed by atoms with Crippen molar-refractivity contribution >= 4 is 58.3 Å². The molecule has 0 saturated carbocycles. The van der Waals surface area contributed by atoms with E-state index in [1.54, 1.807) is 23.9 Å². The summed E-state index contributed by atoms with van der Waals surface area (Å²) in [4.78, 5) is 61.9. The van der Waals surface area contributed by atoms with Crippen molar-refractivity contribution in [2.75, 3.05) is 76.4 Å². The summed E-state index contributed by atoms with van der Waals surface area (Å²) in [5.41, 5.74) is 7.22. The number of carbonyl (C=O) groups excluding carboxylic acids is 4. The van der Waals surface area contributed by atoms with Crippen LogP contribution in [-0.4, -0.2) is 111 Å². The molecule has 10 rings (SSSR count). The zero-order chi connectivity index (χ0) is 58.4. The molecule has 2 spiro atoms. The lowest BCUT2D eigenvalue weighted by Crippen LogP contribution is -2.46. The second-order valence-electron chi connectivity index (χ2n) is 25.8. The second-order valence-corrected chi connectivity index (χ2v) is 26.7. The summed E-state index contributed by atoms with van der Waals surface area (Å²) in [5.74, 6) is -0.700. The Morgan fingerprint density at radius 3 is 1.37 bits per heavy atom. The first-order chi connectivity index (χ1) is 39.1. The van der Waals surface area contributed by atoms with Gasteiger partial charge in [0, 0.05) is 87.1 Å². The van der Waals surface area contributed by atoms with Crippen LogP contribution in [0.1, 0.15) is 164 Å². The van der Waals surface area contributed by atoms with Crippen molar-refractivity contribution in [1.82, 2.24) is 9.80 Å². The summed E-state index contributed by atoms with van der Waals surface area (Å²) < 4.78 is 24.9. The Morgan fingerprint density at radius 2 is 0.963 bits per heavy atom. The molecule has 0 saturated heterocycles. The molecule has 4 aromatic carbocycles. The fraction of sp³-hybridized carbons (Fsp3) is 0.529. The van der Waals surface area contributed by atoms with E-state index in [1.807, 2.05) is 77.9 Å². The highest BCUT2D eigenvalue weighted by molar-refractivity contribution is 6.31. The molecule has 4 aromatic rings. The van der Waals surface area contributed by atoms with Gasteiger partial charge in [-0.2, -0.15) is 0 Å². The van der Waals surface area contributed by atoms with E-state index in [-0.39, 0.29) is 47.4 Å². The summed E-state index contributed by atoms with van der Waals surface area (Å²) in [6.07, 6.45) is 21.0. The van der Waals surface area contributed by atoms with Crippen LogP contribution in [0.4, 0.5) is 11.4 Å². The number of allylic oxidation sites excluding steroid dienone is 2. The van der Waals surface area contributed by atoms with E-state index in [9.17, 15) is 19.2 Å². The summed E-state index contributed by atoms with van der Waals surface area (Å²) in [7, 11) is 3.58. The smallest absolute Gasteiger partial charge is 0.314 e. The fourth-order valence-corrected chi connectivity index (χ4v) is 13.3. The van der Waals surface area contributed by atoms with E-state index in [4.69, 9.17) is 42.1 Å². The van der Waals surface area contributed by atoms with Gasteiger partial charge in [0.05, 0.1) is 36.4 Å². The van der Waals surface area contributed by atoms with Crippen LogP contribution in [0.3, 0.4) is 0 Å². The van der Waals surface area contributed by atoms with Gasteiger partial charge in [0.1, 0.15) is 22.7 Å². The first-order valence-electron chi connectivity index (χ1n) is 29.9. The zero-order valence-corrected chi connectivity index (χ0v) is 51.3. The van der Waals surface area contributed by atoms with Gasteiger partial charge in [0.25, 0.3) is 0 Å². The highest BCUT2D eigenvalue weighted by Crippen LogP contribution is 2.48. The van der Waals surface area contributed by atoms with Crippen molar-refractivity contribution in [3.8, 4) is 11.5 Å². The van der Waals surface area contributed by atoms with Crippen molar-refractivity contribution in [3.63, 3.8) is 0 Å². The summed E-state index contributed by atoms with van der Waals surface area (Å²) in [6.45, 7) is 16.8. The number of rotatable bonds is 2. The van der Waals surface area contributed by atoms with E-state index < -0.39 is 23.0 Å². The van der Waals surface area contributed by atoms with Crippen LogP contribution in [0.2, 0.25) is 10.0 Å². The zero-order valence-electron chi connectivity index (χ0n) is 49.8. The average Bonchev–Trinajstić information content (AvgIpc) is 3.73. The van der Waals surface area contributed by atoms with Crippen molar-refractivity contribution in [2.24, 2.45) is 0 Å². The third-order valence-corrected chi connectivity index (χ3v) is 17.6. The number of esters is 2. The molecule has 82 heavy (non-hydrogen) atoms. The molecule has 1 unspecified atom stereocenters. The molecule has 0 N–H and O–H groups in total. The predicted octanol–water partition coefficient (Wildman–Crippen LogP) is 13.7. The van der Waals surface area contributed by atoms with Crippen LogP contribution in [0.5, 0.6) is 11.5 Å². The maximum atomic E-state index is 13.5. The highest BCUT2D eigenvalue weighted by Gasteiger charge is 2.44. The van der Waals surface area contributed by atoms with Gasteiger partial charge in [-0.05, 0) is 201 Å². The maximum absolute atomic E-state index is 13.5. The number of likely N-dealkylation sites (N-methyl/N-ethyl adjacent to an activating group) is 2. The maximum Gasteiger partial charge on any atom is 0.314 e. The Labute approximate surface area is 497 Å². The first-order valence-corrected chi connectivity index (χ1v) is 30.7. The molecule has 12 nitrogen and oxygen atoms in total. The number of amides is 2. The number of ether oxygens (including phenoxy) is 4. The van der Waals surface area contributed by atoms with E-state index in [1.165, 1.54) is 22.3 Å². The van der Waals surface area contributed by atoms with Crippen molar-refractivity contribution in [1.29, 1.82) is 0 Å². The van der Waals surface area contributed by atoms with E-state index in [0.717, 1.165) is 147 Å². The van der Waals surface area contributed by atoms with Gasteiger partial charge in [-0.25, -0.2) is 0 Å². The third kappa shape index (κ3) is 14.7. The van der Waals surface area contributed by atoms with Crippen molar-refractivity contribution in [3.05, 3.63) is 141 Å². The van der Waals surface area contributed by atoms with Gasteiger partial charge in [-0.1, -0.05) is 71.8 Å². The summed E-state index contributed by atoms with van der Waals surface area (Å²) in [5, 5.41) is 1.55. The quantitative estimate of drug-likeness (QED) is 0.142. The Hall–Kier alpha value is -5.98. The minimum atomic E-state index is -0.708. The molecule has 6 aliphatic rings. The van der Waals surface area contributed by atoms with Gasteiger partial charge in [-0.3, -0.25) is 19.2 Å². The molecule has 0 aromatic heterocycles. The standard InChI is InChI=1S/2C34H43ClN2O4/c2*1-33(2,3)41-32(39)27-21-31(38)36(4)17-8-6-5-7-9-18-37-22-34(23-40-30-15-12-24(27)20-29(30)37)16-10-11-25-19-26(35)13-14-28(25)34/h2*6,8,12-15,19-20,27H,5,7,9-11,16-18,21-23H2,1-4H3/b2*8-6+/t27?,34-;27-,34+/m01/s1. The molecule has 4 atom stereocenters. The number of fused-ring (bicyclic) bond motifs is 6. The topological polar surface area (TPSA) is 118 Å². The number of carbonyl (C=O) groups is 4. The Bertz CT molecular complexity index is 2830. The molecule has 0 radical (unpaired) electrons. The SMILES string of the molecule is CN1C/C=C/CCCCN2C[C@@]3(CCCc4cc(Cl)ccc43)COc3ccc(cc32)C(C(=O)OC(C)(C)C)CC1=O.CN1C/C=C/CCCCN2C[C@@]3(CCCc4cc(Cl)ccc43)COc3ccc(cc32)[C@H](C(=O)OC(C)(C)C)CC1=O. The molecule has 4 aliphatic heterocycles. The average molecular weight is 1160 g/mol. The molecule has 14 heteroatoms. The normalized spacial score (nSPS) is 24.4. The molecular weight excluding hydrogens is 1070 g/mol. The van der Waals surface area contributed by atoms with E-state index in [2.05, 4.69) is 70.5 Å². The Balaban J connectivity index is 0.000000198. The lowest BCUT2D eigenvalue weighted by molar-refractivity contribution is -0.159. The number of nitrogens with zero attached hydrogens (tertiary/aromatic N) is 4. The Kier molecular flexibility index (Phi) is 19.1. The van der Waals surface area contributed by atoms with Gasteiger partial charge >= 0.3 is 11.9 Å². The van der Waals surface area contributed by atoms with Gasteiger partial charge in [0.15, 0.2) is 0 Å². The summed E-state index contributed by atoms with van der Waals surface area (Å²) >= 11 is 12.8. The number of halogens is 2. The number of hydrogen-bond acceptors (Lipinski definition) is 10. The highest BCUT2D eigenvalue weighted by atomic mass is 35.5. The van der Waals surface area contributed by atoms with Crippen molar-refractivity contribution in [2.45, 2.75) is 165 Å².